The number of likely N-dealkylation sites (tertiary alicyclic amines) is 1. The molecule has 0 saturated carbocycles. The summed E-state index contributed by atoms with van der Waals surface area (Å²) < 4.78 is 11.2. The molecule has 1 fully saturated rings. The van der Waals surface area contributed by atoms with Crippen molar-refractivity contribution < 1.29 is 14.3 Å². The summed E-state index contributed by atoms with van der Waals surface area (Å²) in [6.07, 6.45) is 2.27. The summed E-state index contributed by atoms with van der Waals surface area (Å²) in [5.74, 6) is 2.27. The van der Waals surface area contributed by atoms with Crippen LogP contribution < -0.4 is 14.8 Å². The minimum atomic E-state index is 0.152. The van der Waals surface area contributed by atoms with Gasteiger partial charge in [-0.1, -0.05) is 0 Å². The van der Waals surface area contributed by atoms with Crippen molar-refractivity contribution in [3.8, 4) is 21.9 Å². The number of piperidine rings is 1. The van der Waals surface area contributed by atoms with Crippen molar-refractivity contribution in [1.82, 2.24) is 10.2 Å². The smallest absolute Gasteiger partial charge is 0.263 e. The van der Waals surface area contributed by atoms with Gasteiger partial charge in [-0.2, -0.15) is 0 Å². The molecule has 1 atom stereocenters. The van der Waals surface area contributed by atoms with Gasteiger partial charge in [0.2, 0.25) is 0 Å². The Balaban J connectivity index is 1.50. The van der Waals surface area contributed by atoms with Gasteiger partial charge in [-0.05, 0) is 68.2 Å². The number of carbonyl (C=O) groups is 1. The molecule has 6 heteroatoms. The fourth-order valence-corrected chi connectivity index (χ4v) is 4.64. The van der Waals surface area contributed by atoms with Crippen LogP contribution in [0.25, 0.3) is 10.4 Å². The second-order valence-electron chi connectivity index (χ2n) is 6.84. The molecule has 1 saturated heterocycles. The van der Waals surface area contributed by atoms with E-state index in [-0.39, 0.29) is 5.91 Å². The standard InChI is InChI=1S/C20H24N2O3S/c1-21-12-14-3-2-8-22(13-14)20(23)19-7-6-18(26-19)15-4-5-16-17(11-15)25-10-9-24-16/h4-7,11,14,21H,2-3,8-10,12-13H2,1H3. The molecule has 4 rings (SSSR count). The molecule has 0 spiro atoms. The van der Waals surface area contributed by atoms with E-state index in [0.29, 0.717) is 19.1 Å². The van der Waals surface area contributed by atoms with Crippen LogP contribution in [0.1, 0.15) is 22.5 Å². The lowest BCUT2D eigenvalue weighted by Gasteiger charge is -2.32. The molecule has 1 unspecified atom stereocenters. The molecule has 1 N–H and O–H groups in total. The van der Waals surface area contributed by atoms with Crippen LogP contribution in [0.4, 0.5) is 0 Å². The fraction of sp³-hybridized carbons (Fsp3) is 0.450. The average molecular weight is 372 g/mol. The second kappa shape index (κ2) is 7.68. The Bertz CT molecular complexity index is 787. The van der Waals surface area contributed by atoms with Crippen LogP contribution in [-0.4, -0.2) is 50.7 Å². The van der Waals surface area contributed by atoms with Gasteiger partial charge in [0, 0.05) is 18.0 Å². The summed E-state index contributed by atoms with van der Waals surface area (Å²) in [4.78, 5) is 16.8. The maximum Gasteiger partial charge on any atom is 0.263 e. The van der Waals surface area contributed by atoms with Gasteiger partial charge in [0.15, 0.2) is 11.5 Å². The molecule has 0 bridgehead atoms. The number of carbonyl (C=O) groups excluding carboxylic acids is 1. The molecule has 1 aromatic heterocycles. The predicted octanol–water partition coefficient (Wildman–Crippen LogP) is 3.26. The summed E-state index contributed by atoms with van der Waals surface area (Å²) in [6.45, 7) is 3.84. The number of amides is 1. The Morgan fingerprint density at radius 1 is 1.23 bits per heavy atom. The summed E-state index contributed by atoms with van der Waals surface area (Å²) in [5.41, 5.74) is 1.06. The zero-order valence-electron chi connectivity index (χ0n) is 15.0. The SMILES string of the molecule is CNCC1CCCN(C(=O)c2ccc(-c3ccc4c(c3)OCCO4)s2)C1. The van der Waals surface area contributed by atoms with E-state index in [0.717, 1.165) is 52.9 Å². The predicted molar refractivity (Wildman–Crippen MR) is 103 cm³/mol. The minimum Gasteiger partial charge on any atom is -0.486 e. The number of benzene rings is 1. The third kappa shape index (κ3) is 3.57. The van der Waals surface area contributed by atoms with Crippen LogP contribution in [0.15, 0.2) is 30.3 Å². The molecule has 1 aromatic carbocycles. The van der Waals surface area contributed by atoms with Crippen molar-refractivity contribution in [2.75, 3.05) is 39.9 Å². The first kappa shape index (κ1) is 17.4. The molecule has 0 radical (unpaired) electrons. The molecular weight excluding hydrogens is 348 g/mol. The summed E-state index contributed by atoms with van der Waals surface area (Å²) in [6, 6.07) is 9.94. The highest BCUT2D eigenvalue weighted by atomic mass is 32.1. The van der Waals surface area contributed by atoms with Gasteiger partial charge in [-0.25, -0.2) is 0 Å². The molecule has 2 aromatic rings. The highest BCUT2D eigenvalue weighted by molar-refractivity contribution is 7.17. The molecule has 5 nitrogen and oxygen atoms in total. The van der Waals surface area contributed by atoms with Crippen LogP contribution in [0.2, 0.25) is 0 Å². The van der Waals surface area contributed by atoms with Crippen molar-refractivity contribution in [2.45, 2.75) is 12.8 Å². The zero-order chi connectivity index (χ0) is 17.9. The van der Waals surface area contributed by atoms with Crippen molar-refractivity contribution in [1.29, 1.82) is 0 Å². The third-order valence-electron chi connectivity index (χ3n) is 4.94. The summed E-state index contributed by atoms with van der Waals surface area (Å²) >= 11 is 1.55. The Morgan fingerprint density at radius 2 is 2.08 bits per heavy atom. The van der Waals surface area contributed by atoms with Crippen molar-refractivity contribution in [3.63, 3.8) is 0 Å². The maximum atomic E-state index is 12.9. The quantitative estimate of drug-likeness (QED) is 0.895. The lowest BCUT2D eigenvalue weighted by Crippen LogP contribution is -2.42. The van der Waals surface area contributed by atoms with Crippen LogP contribution in [0, 0.1) is 5.92 Å². The van der Waals surface area contributed by atoms with Crippen LogP contribution in [0.5, 0.6) is 11.5 Å². The Morgan fingerprint density at radius 3 is 2.92 bits per heavy atom. The van der Waals surface area contributed by atoms with Gasteiger partial charge in [0.25, 0.3) is 5.91 Å². The number of nitrogens with one attached hydrogen (secondary N) is 1. The first-order valence-electron chi connectivity index (χ1n) is 9.18. The summed E-state index contributed by atoms with van der Waals surface area (Å²) in [5, 5.41) is 3.23. The third-order valence-corrected chi connectivity index (χ3v) is 6.06. The molecule has 3 heterocycles. The average Bonchev–Trinajstić information content (AvgIpc) is 3.18. The van der Waals surface area contributed by atoms with Gasteiger partial charge in [0.1, 0.15) is 13.2 Å². The number of ether oxygens (including phenoxy) is 2. The molecule has 26 heavy (non-hydrogen) atoms. The Labute approximate surface area is 157 Å². The monoisotopic (exact) mass is 372 g/mol. The Hall–Kier alpha value is -2.05. The number of hydrogen-bond donors (Lipinski definition) is 1. The first-order chi connectivity index (χ1) is 12.7. The number of rotatable bonds is 4. The second-order valence-corrected chi connectivity index (χ2v) is 7.92. The fourth-order valence-electron chi connectivity index (χ4n) is 3.67. The van der Waals surface area contributed by atoms with Crippen molar-refractivity contribution in [3.05, 3.63) is 35.2 Å². The van der Waals surface area contributed by atoms with E-state index in [1.165, 1.54) is 6.42 Å². The van der Waals surface area contributed by atoms with Gasteiger partial charge >= 0.3 is 0 Å². The van der Waals surface area contributed by atoms with Gasteiger partial charge in [0.05, 0.1) is 4.88 Å². The number of hydrogen-bond acceptors (Lipinski definition) is 5. The van der Waals surface area contributed by atoms with E-state index in [2.05, 4.69) is 5.32 Å². The molecule has 138 valence electrons. The van der Waals surface area contributed by atoms with E-state index in [1.807, 2.05) is 42.3 Å². The largest absolute Gasteiger partial charge is 0.486 e. The van der Waals surface area contributed by atoms with E-state index >= 15 is 0 Å². The lowest BCUT2D eigenvalue weighted by molar-refractivity contribution is 0.0679. The molecule has 0 aliphatic carbocycles. The van der Waals surface area contributed by atoms with Gasteiger partial charge in [-0.15, -0.1) is 11.3 Å². The van der Waals surface area contributed by atoms with Gasteiger partial charge in [-0.3, -0.25) is 4.79 Å². The van der Waals surface area contributed by atoms with Gasteiger partial charge < -0.3 is 19.7 Å². The normalized spacial score (nSPS) is 19.4. The lowest BCUT2D eigenvalue weighted by atomic mass is 9.98. The highest BCUT2D eigenvalue weighted by Crippen LogP contribution is 2.37. The van der Waals surface area contributed by atoms with E-state index < -0.39 is 0 Å². The van der Waals surface area contributed by atoms with Crippen LogP contribution in [-0.2, 0) is 0 Å². The molecule has 2 aliphatic rings. The van der Waals surface area contributed by atoms with Crippen LogP contribution in [0.3, 0.4) is 0 Å². The Kier molecular flexibility index (Phi) is 5.13. The van der Waals surface area contributed by atoms with Crippen molar-refractivity contribution in [2.24, 2.45) is 5.92 Å². The summed E-state index contributed by atoms with van der Waals surface area (Å²) in [7, 11) is 1.97. The minimum absolute atomic E-state index is 0.152. The number of thiophene rings is 1. The van der Waals surface area contributed by atoms with E-state index in [4.69, 9.17) is 9.47 Å². The molecule has 1 amide bonds. The van der Waals surface area contributed by atoms with Crippen LogP contribution >= 0.6 is 11.3 Å². The molecule has 2 aliphatic heterocycles. The number of nitrogens with zero attached hydrogens (tertiary/aromatic N) is 1. The van der Waals surface area contributed by atoms with Crippen molar-refractivity contribution >= 4 is 17.2 Å². The number of fused-ring (bicyclic) bond motifs is 1. The maximum absolute atomic E-state index is 12.9. The van der Waals surface area contributed by atoms with E-state index in [9.17, 15) is 4.79 Å². The van der Waals surface area contributed by atoms with E-state index in [1.54, 1.807) is 11.3 Å². The zero-order valence-corrected chi connectivity index (χ0v) is 15.8. The highest BCUT2D eigenvalue weighted by Gasteiger charge is 2.25. The molecular formula is C20H24N2O3S. The first-order valence-corrected chi connectivity index (χ1v) is 10.00. The topological polar surface area (TPSA) is 50.8 Å².